The van der Waals surface area contributed by atoms with Crippen LogP contribution in [0, 0.1) is 5.82 Å². The molecule has 3 rings (SSSR count). The van der Waals surface area contributed by atoms with Crippen LogP contribution >= 0.6 is 0 Å². The van der Waals surface area contributed by atoms with Crippen molar-refractivity contribution in [2.45, 2.75) is 37.5 Å². The molecule has 1 amide bonds. The number of hydrogen-bond acceptors (Lipinski definition) is 4. The van der Waals surface area contributed by atoms with Gasteiger partial charge in [0, 0.05) is 11.3 Å². The molecule has 148 valence electrons. The monoisotopic (exact) mass is 385 g/mol. The summed E-state index contributed by atoms with van der Waals surface area (Å²) in [4.78, 5) is 25.3. The van der Waals surface area contributed by atoms with Crippen LogP contribution in [0.5, 0.6) is 5.75 Å². The van der Waals surface area contributed by atoms with Gasteiger partial charge in [0.2, 0.25) is 5.91 Å². The minimum atomic E-state index is -0.922. The molecule has 1 saturated carbocycles. The summed E-state index contributed by atoms with van der Waals surface area (Å²) >= 11 is 0. The maximum atomic E-state index is 14.6. The average molecular weight is 385 g/mol. The van der Waals surface area contributed by atoms with Crippen LogP contribution in [0.2, 0.25) is 0 Å². The van der Waals surface area contributed by atoms with Gasteiger partial charge in [-0.1, -0.05) is 37.5 Å². The van der Waals surface area contributed by atoms with Crippen molar-refractivity contribution in [1.29, 1.82) is 0 Å². The normalized spacial score (nSPS) is 15.5. The van der Waals surface area contributed by atoms with Gasteiger partial charge in [-0.3, -0.25) is 4.79 Å². The van der Waals surface area contributed by atoms with E-state index in [0.29, 0.717) is 29.8 Å². The van der Waals surface area contributed by atoms with Gasteiger partial charge in [0.15, 0.2) is 0 Å². The van der Waals surface area contributed by atoms with E-state index in [9.17, 15) is 14.0 Å². The number of carbonyl (C=O) groups excluding carboxylic acids is 2. The first kappa shape index (κ1) is 19.9. The Morgan fingerprint density at radius 1 is 1.04 bits per heavy atom. The largest absolute Gasteiger partial charge is 0.496 e. The van der Waals surface area contributed by atoms with Crippen LogP contribution in [0.25, 0.3) is 0 Å². The molecule has 1 fully saturated rings. The van der Waals surface area contributed by atoms with Gasteiger partial charge in [-0.2, -0.15) is 0 Å². The van der Waals surface area contributed by atoms with Gasteiger partial charge in [-0.25, -0.2) is 9.18 Å². The third-order valence-corrected chi connectivity index (χ3v) is 5.39. The van der Waals surface area contributed by atoms with E-state index >= 15 is 0 Å². The van der Waals surface area contributed by atoms with E-state index in [-0.39, 0.29) is 17.3 Å². The molecule has 0 bridgehead atoms. The van der Waals surface area contributed by atoms with Crippen molar-refractivity contribution in [2.24, 2.45) is 0 Å². The maximum Gasteiger partial charge on any atom is 0.341 e. The number of anilines is 1. The second kappa shape index (κ2) is 8.42. The Morgan fingerprint density at radius 3 is 2.39 bits per heavy atom. The SMILES string of the molecule is COC(=O)c1cc(NC(=O)C2(c3ccccc3F)CCCCC2)ccc1OC. The molecule has 0 aliphatic heterocycles. The van der Waals surface area contributed by atoms with E-state index in [1.807, 2.05) is 0 Å². The number of amides is 1. The second-order valence-corrected chi connectivity index (χ2v) is 6.98. The Balaban J connectivity index is 1.95. The van der Waals surface area contributed by atoms with Gasteiger partial charge in [-0.05, 0) is 37.1 Å². The number of rotatable bonds is 5. The highest BCUT2D eigenvalue weighted by Gasteiger charge is 2.42. The molecule has 5 nitrogen and oxygen atoms in total. The third-order valence-electron chi connectivity index (χ3n) is 5.39. The summed E-state index contributed by atoms with van der Waals surface area (Å²) in [6.07, 6.45) is 3.91. The highest BCUT2D eigenvalue weighted by atomic mass is 19.1. The minimum absolute atomic E-state index is 0.214. The number of carbonyl (C=O) groups is 2. The Hall–Kier alpha value is -2.89. The van der Waals surface area contributed by atoms with Crippen molar-refractivity contribution >= 4 is 17.6 Å². The standard InChI is InChI=1S/C22H24FNO4/c1-27-19-11-10-15(14-16(19)20(25)28-2)24-21(26)22(12-6-3-7-13-22)17-8-4-5-9-18(17)23/h4-5,8-11,14H,3,6-7,12-13H2,1-2H3,(H,24,26). The van der Waals surface area contributed by atoms with Gasteiger partial charge >= 0.3 is 5.97 Å². The molecule has 6 heteroatoms. The molecular weight excluding hydrogens is 361 g/mol. The summed E-state index contributed by atoms with van der Waals surface area (Å²) in [5.74, 6) is -0.844. The van der Waals surface area contributed by atoms with E-state index in [0.717, 1.165) is 19.3 Å². The number of hydrogen-bond donors (Lipinski definition) is 1. The highest BCUT2D eigenvalue weighted by molar-refractivity contribution is 6.01. The lowest BCUT2D eigenvalue weighted by atomic mass is 9.68. The fourth-order valence-corrected chi connectivity index (χ4v) is 3.93. The molecule has 0 spiro atoms. The van der Waals surface area contributed by atoms with E-state index < -0.39 is 11.4 Å². The number of benzene rings is 2. The fourth-order valence-electron chi connectivity index (χ4n) is 3.93. The van der Waals surface area contributed by atoms with E-state index in [1.165, 1.54) is 26.4 Å². The molecule has 0 radical (unpaired) electrons. The zero-order valence-corrected chi connectivity index (χ0v) is 16.1. The van der Waals surface area contributed by atoms with E-state index in [2.05, 4.69) is 5.32 Å². The summed E-state index contributed by atoms with van der Waals surface area (Å²) in [6, 6.07) is 11.2. The molecule has 0 saturated heterocycles. The number of esters is 1. The van der Waals surface area contributed by atoms with Crippen molar-refractivity contribution < 1.29 is 23.5 Å². The molecule has 0 atom stereocenters. The van der Waals surface area contributed by atoms with Crippen LogP contribution in [-0.4, -0.2) is 26.1 Å². The van der Waals surface area contributed by atoms with Gasteiger partial charge in [-0.15, -0.1) is 0 Å². The Kier molecular flexibility index (Phi) is 5.97. The van der Waals surface area contributed by atoms with Crippen LogP contribution < -0.4 is 10.1 Å². The molecule has 1 aliphatic rings. The molecule has 2 aromatic carbocycles. The summed E-state index contributed by atoms with van der Waals surface area (Å²) < 4.78 is 24.5. The molecule has 0 unspecified atom stereocenters. The lowest BCUT2D eigenvalue weighted by Gasteiger charge is -2.36. The summed E-state index contributed by atoms with van der Waals surface area (Å²) in [5, 5.41) is 2.88. The zero-order chi connectivity index (χ0) is 20.1. The molecule has 0 heterocycles. The number of halogens is 1. The van der Waals surface area contributed by atoms with Gasteiger partial charge in [0.1, 0.15) is 17.1 Å². The number of methoxy groups -OCH3 is 2. The number of ether oxygens (including phenoxy) is 2. The Bertz CT molecular complexity index is 875. The van der Waals surface area contributed by atoms with Crippen LogP contribution in [0.15, 0.2) is 42.5 Å². The summed E-state index contributed by atoms with van der Waals surface area (Å²) in [6.45, 7) is 0. The number of nitrogens with one attached hydrogen (secondary N) is 1. The molecule has 0 aromatic heterocycles. The van der Waals surface area contributed by atoms with Crippen molar-refractivity contribution in [1.82, 2.24) is 0 Å². The third kappa shape index (κ3) is 3.72. The quantitative estimate of drug-likeness (QED) is 0.772. The molecule has 28 heavy (non-hydrogen) atoms. The van der Waals surface area contributed by atoms with Gasteiger partial charge in [0.05, 0.1) is 19.6 Å². The predicted molar refractivity (Wildman–Crippen MR) is 104 cm³/mol. The summed E-state index contributed by atoms with van der Waals surface area (Å²) in [5.41, 5.74) is 0.155. The molecule has 2 aromatic rings. The lowest BCUT2D eigenvalue weighted by Crippen LogP contribution is -2.42. The van der Waals surface area contributed by atoms with Crippen molar-refractivity contribution in [3.63, 3.8) is 0 Å². The molecular formula is C22H24FNO4. The van der Waals surface area contributed by atoms with Crippen LogP contribution in [0.3, 0.4) is 0 Å². The zero-order valence-electron chi connectivity index (χ0n) is 16.1. The van der Waals surface area contributed by atoms with Crippen LogP contribution in [0.4, 0.5) is 10.1 Å². The molecule has 1 aliphatic carbocycles. The van der Waals surface area contributed by atoms with Crippen molar-refractivity contribution in [3.8, 4) is 5.75 Å². The minimum Gasteiger partial charge on any atom is -0.496 e. The first-order valence-corrected chi connectivity index (χ1v) is 9.34. The predicted octanol–water partition coefficient (Wildman–Crippen LogP) is 4.46. The first-order chi connectivity index (χ1) is 13.5. The average Bonchev–Trinajstić information content (AvgIpc) is 2.73. The lowest BCUT2D eigenvalue weighted by molar-refractivity contribution is -0.122. The first-order valence-electron chi connectivity index (χ1n) is 9.34. The maximum absolute atomic E-state index is 14.6. The molecule has 1 N–H and O–H groups in total. The van der Waals surface area contributed by atoms with Gasteiger partial charge < -0.3 is 14.8 Å². The van der Waals surface area contributed by atoms with Gasteiger partial charge in [0.25, 0.3) is 0 Å². The van der Waals surface area contributed by atoms with Crippen LogP contribution in [-0.2, 0) is 14.9 Å². The van der Waals surface area contributed by atoms with Crippen molar-refractivity contribution in [2.75, 3.05) is 19.5 Å². The Labute approximate surface area is 163 Å². The van der Waals surface area contributed by atoms with Crippen molar-refractivity contribution in [3.05, 3.63) is 59.4 Å². The Morgan fingerprint density at radius 2 is 1.75 bits per heavy atom. The fraction of sp³-hybridized carbons (Fsp3) is 0.364. The van der Waals surface area contributed by atoms with E-state index in [4.69, 9.17) is 9.47 Å². The van der Waals surface area contributed by atoms with Crippen LogP contribution in [0.1, 0.15) is 48.0 Å². The highest BCUT2D eigenvalue weighted by Crippen LogP contribution is 2.41. The summed E-state index contributed by atoms with van der Waals surface area (Å²) in [7, 11) is 2.73. The topological polar surface area (TPSA) is 64.6 Å². The smallest absolute Gasteiger partial charge is 0.341 e. The van der Waals surface area contributed by atoms with E-state index in [1.54, 1.807) is 30.3 Å². The second-order valence-electron chi connectivity index (χ2n) is 6.98.